The van der Waals surface area contributed by atoms with E-state index in [0.29, 0.717) is 17.1 Å². The second-order valence-electron chi connectivity index (χ2n) is 14.1. The van der Waals surface area contributed by atoms with Crippen LogP contribution in [0.1, 0.15) is 5.48 Å². The van der Waals surface area contributed by atoms with Gasteiger partial charge in [-0.05, 0) is 45.0 Å². The van der Waals surface area contributed by atoms with E-state index < -0.39 is 8.07 Å². The van der Waals surface area contributed by atoms with Crippen LogP contribution in [-0.2, 0) is 0 Å². The SMILES string of the molecule is [2H]c1c([2H])c(-c2nc(-n3c4ccccc4c4ccccc43)nc(-n3c4ccccc4c4ccccc43)n2)c([2H])c([Si](c2ccccc2)(c2ccccc2)c2ccccc2)c1[2H]. The highest BCUT2D eigenvalue weighted by molar-refractivity contribution is 7.19. The maximum Gasteiger partial charge on any atom is 0.240 e. The number of nitrogens with zero attached hydrogens (tertiary/aromatic N) is 5. The molecule has 11 rings (SSSR count). The fourth-order valence-corrected chi connectivity index (χ4v) is 13.1. The summed E-state index contributed by atoms with van der Waals surface area (Å²) in [5.41, 5.74) is 3.62. The van der Waals surface area contributed by atoms with Gasteiger partial charge in [-0.15, -0.1) is 0 Å². The molecule has 0 aliphatic rings. The zero-order chi connectivity index (χ0) is 41.2. The molecule has 0 bridgehead atoms. The van der Waals surface area contributed by atoms with Crippen molar-refractivity contribution < 1.29 is 5.48 Å². The van der Waals surface area contributed by atoms with E-state index in [1.807, 2.05) is 137 Å². The zero-order valence-corrected chi connectivity index (χ0v) is 31.6. The molecule has 8 aromatic carbocycles. The van der Waals surface area contributed by atoms with E-state index in [4.69, 9.17) is 15.0 Å². The number of rotatable bonds is 7. The number of aromatic nitrogens is 5. The van der Waals surface area contributed by atoms with Gasteiger partial charge in [0, 0.05) is 27.1 Å². The Morgan fingerprint density at radius 1 is 0.368 bits per heavy atom. The highest BCUT2D eigenvalue weighted by Gasteiger charge is 2.41. The summed E-state index contributed by atoms with van der Waals surface area (Å²) in [7, 11) is -3.55. The molecule has 0 radical (unpaired) electrons. The molecule has 0 saturated heterocycles. The third-order valence-electron chi connectivity index (χ3n) is 11.0. The molecule has 57 heavy (non-hydrogen) atoms. The summed E-state index contributed by atoms with van der Waals surface area (Å²) in [6, 6.07) is 61.9. The van der Waals surface area contributed by atoms with E-state index in [0.717, 1.165) is 59.2 Å². The van der Waals surface area contributed by atoms with Crippen molar-refractivity contribution >= 4 is 72.4 Å². The second-order valence-corrected chi connectivity index (χ2v) is 17.8. The van der Waals surface area contributed by atoms with Crippen molar-refractivity contribution in [2.75, 3.05) is 0 Å². The third kappa shape index (κ3) is 5.19. The molecule has 5 nitrogen and oxygen atoms in total. The van der Waals surface area contributed by atoms with Gasteiger partial charge < -0.3 is 0 Å². The quantitative estimate of drug-likeness (QED) is 0.121. The van der Waals surface area contributed by atoms with Gasteiger partial charge in [0.15, 0.2) is 13.9 Å². The number of hydrogen-bond acceptors (Lipinski definition) is 3. The lowest BCUT2D eigenvalue weighted by Crippen LogP contribution is -2.74. The molecule has 11 aromatic rings. The Morgan fingerprint density at radius 2 is 0.719 bits per heavy atom. The fourth-order valence-electron chi connectivity index (χ4n) is 8.58. The van der Waals surface area contributed by atoms with Crippen molar-refractivity contribution in [3.63, 3.8) is 0 Å². The van der Waals surface area contributed by atoms with Crippen LogP contribution in [0.15, 0.2) is 212 Å². The van der Waals surface area contributed by atoms with Crippen LogP contribution in [0.5, 0.6) is 0 Å². The zero-order valence-electron chi connectivity index (χ0n) is 34.6. The summed E-state index contributed by atoms with van der Waals surface area (Å²) in [6.07, 6.45) is 0. The van der Waals surface area contributed by atoms with Crippen molar-refractivity contribution in [2.45, 2.75) is 0 Å². The van der Waals surface area contributed by atoms with E-state index in [1.165, 1.54) is 0 Å². The highest BCUT2D eigenvalue weighted by atomic mass is 28.3. The van der Waals surface area contributed by atoms with Crippen molar-refractivity contribution in [2.24, 2.45) is 0 Å². The number of benzene rings is 8. The summed E-state index contributed by atoms with van der Waals surface area (Å²) in [5.74, 6) is 0.683. The molecule has 0 saturated carbocycles. The van der Waals surface area contributed by atoms with Crippen LogP contribution >= 0.6 is 0 Å². The Kier molecular flexibility index (Phi) is 6.81. The van der Waals surface area contributed by atoms with E-state index in [9.17, 15) is 5.48 Å². The van der Waals surface area contributed by atoms with Gasteiger partial charge in [0.25, 0.3) is 0 Å². The molecule has 0 spiro atoms. The topological polar surface area (TPSA) is 48.5 Å². The first-order valence-corrected chi connectivity index (χ1v) is 21.0. The first kappa shape index (κ1) is 29.0. The van der Waals surface area contributed by atoms with Crippen LogP contribution in [0, 0.1) is 0 Å². The minimum absolute atomic E-state index is 0.0539. The van der Waals surface area contributed by atoms with Crippen LogP contribution in [0.25, 0.3) is 66.9 Å². The van der Waals surface area contributed by atoms with Gasteiger partial charge in [0.2, 0.25) is 11.9 Å². The Hall–Kier alpha value is -7.41. The summed E-state index contributed by atoms with van der Waals surface area (Å²) < 4.78 is 43.3. The number of fused-ring (bicyclic) bond motifs is 6. The summed E-state index contributed by atoms with van der Waals surface area (Å²) in [5, 5.41) is 7.35. The Morgan fingerprint density at radius 3 is 1.11 bits per heavy atom. The van der Waals surface area contributed by atoms with Gasteiger partial charge in [-0.25, -0.2) is 0 Å². The van der Waals surface area contributed by atoms with Crippen molar-refractivity contribution in [3.8, 4) is 23.3 Å². The monoisotopic (exact) mass is 749 g/mol. The maximum atomic E-state index is 10.4. The van der Waals surface area contributed by atoms with Crippen LogP contribution < -0.4 is 20.7 Å². The van der Waals surface area contributed by atoms with E-state index in [-0.39, 0.29) is 35.6 Å². The molecule has 0 amide bonds. The summed E-state index contributed by atoms with van der Waals surface area (Å²) in [4.78, 5) is 15.7. The van der Waals surface area contributed by atoms with E-state index >= 15 is 0 Å². The molecule has 0 N–H and O–H groups in total. The third-order valence-corrected chi connectivity index (χ3v) is 15.6. The summed E-state index contributed by atoms with van der Waals surface area (Å²) >= 11 is 0. The first-order valence-electron chi connectivity index (χ1n) is 21.0. The molecule has 268 valence electrons. The van der Waals surface area contributed by atoms with Crippen LogP contribution in [0.4, 0.5) is 0 Å². The van der Waals surface area contributed by atoms with Crippen molar-refractivity contribution in [3.05, 3.63) is 212 Å². The predicted molar refractivity (Wildman–Crippen MR) is 238 cm³/mol. The van der Waals surface area contributed by atoms with Gasteiger partial charge in [0.1, 0.15) is 0 Å². The smallest absolute Gasteiger partial charge is 0.240 e. The van der Waals surface area contributed by atoms with Crippen molar-refractivity contribution in [1.29, 1.82) is 0 Å². The largest absolute Gasteiger partial charge is 0.278 e. The first-order chi connectivity index (χ1) is 30.0. The molecule has 6 heteroatoms. The molecule has 0 atom stereocenters. The molecule has 3 aromatic heterocycles. The Bertz CT molecular complexity index is 3150. The van der Waals surface area contributed by atoms with Crippen molar-refractivity contribution in [1.82, 2.24) is 24.1 Å². The second kappa shape index (κ2) is 13.4. The molecular formula is C51H35N5Si. The van der Waals surface area contributed by atoms with E-state index in [1.54, 1.807) is 0 Å². The molecule has 3 heterocycles. The molecule has 0 unspecified atom stereocenters. The predicted octanol–water partition coefficient (Wildman–Crippen LogP) is 9.11. The minimum atomic E-state index is -3.55. The van der Waals surface area contributed by atoms with Gasteiger partial charge >= 0.3 is 0 Å². The molecule has 0 fully saturated rings. The lowest BCUT2D eigenvalue weighted by molar-refractivity contribution is 0.893. The van der Waals surface area contributed by atoms with E-state index in [2.05, 4.69) is 60.7 Å². The van der Waals surface area contributed by atoms with Crippen LogP contribution in [0.3, 0.4) is 0 Å². The molecule has 0 aliphatic carbocycles. The molecule has 0 aliphatic heterocycles. The molecular weight excluding hydrogens is 711 g/mol. The van der Waals surface area contributed by atoms with Crippen LogP contribution in [-0.4, -0.2) is 32.2 Å². The van der Waals surface area contributed by atoms with Gasteiger partial charge in [-0.2, -0.15) is 15.0 Å². The standard InChI is InChI=1S/C51H35N5Si/c1-4-20-37(21-5-1)57(38-22-6-2-7-23-38,39-24-8-3-9-25-39)40-26-18-19-36(35-40)49-52-50(55-45-31-14-10-27-41(45)42-28-11-15-32-46(42)55)54-51(53-49)56-47-33-16-12-29-43(47)44-30-13-17-34-48(44)56/h1-35H/i18D,19D,26D,35D. The van der Waals surface area contributed by atoms with Gasteiger partial charge in [-0.1, -0.05) is 188 Å². The normalized spacial score (nSPS) is 12.8. The Labute approximate surface area is 336 Å². The Balaban J connectivity index is 1.29. The average Bonchev–Trinajstić information content (AvgIpc) is 3.84. The van der Waals surface area contributed by atoms with Gasteiger partial charge in [-0.3, -0.25) is 9.13 Å². The average molecular weight is 750 g/mol. The summed E-state index contributed by atoms with van der Waals surface area (Å²) in [6.45, 7) is 0. The maximum absolute atomic E-state index is 10.4. The number of hydrogen-bond donors (Lipinski definition) is 0. The van der Waals surface area contributed by atoms with Gasteiger partial charge in [0.05, 0.1) is 27.5 Å². The fraction of sp³-hybridized carbons (Fsp3) is 0. The number of para-hydroxylation sites is 4. The van der Waals surface area contributed by atoms with Crippen LogP contribution in [0.2, 0.25) is 0 Å². The lowest BCUT2D eigenvalue weighted by atomic mass is 10.2. The lowest BCUT2D eigenvalue weighted by Gasteiger charge is -2.34. The minimum Gasteiger partial charge on any atom is -0.278 e. The highest BCUT2D eigenvalue weighted by Crippen LogP contribution is 2.34.